The molecule has 0 aliphatic carbocycles. The van der Waals surface area contributed by atoms with Crippen LogP contribution in [0, 0.1) is 17.2 Å². The topological polar surface area (TPSA) is 56.1 Å². The Morgan fingerprint density at radius 1 is 1.37 bits per heavy atom. The summed E-state index contributed by atoms with van der Waals surface area (Å²) in [5, 5.41) is 11.7. The molecule has 0 heterocycles. The largest absolute Gasteiger partial charge is 0.376 e. The first-order valence-electron chi connectivity index (χ1n) is 6.57. The monoisotopic (exact) mass is 259 g/mol. The highest BCUT2D eigenvalue weighted by Crippen LogP contribution is 2.06. The molecule has 19 heavy (non-hydrogen) atoms. The molecule has 1 aromatic carbocycles. The number of benzene rings is 1. The summed E-state index contributed by atoms with van der Waals surface area (Å²) >= 11 is 0. The van der Waals surface area contributed by atoms with Crippen LogP contribution in [-0.2, 0) is 4.79 Å². The molecule has 1 N–H and O–H groups in total. The van der Waals surface area contributed by atoms with Gasteiger partial charge in [0.2, 0.25) is 5.91 Å². The average Bonchev–Trinajstić information content (AvgIpc) is 2.41. The van der Waals surface area contributed by atoms with Crippen molar-refractivity contribution in [1.82, 2.24) is 4.90 Å². The van der Waals surface area contributed by atoms with E-state index in [2.05, 4.69) is 25.2 Å². The normalized spacial score (nSPS) is 10.0. The third-order valence-corrected chi connectivity index (χ3v) is 2.65. The zero-order valence-corrected chi connectivity index (χ0v) is 11.6. The van der Waals surface area contributed by atoms with Crippen molar-refractivity contribution in [2.24, 2.45) is 5.92 Å². The summed E-state index contributed by atoms with van der Waals surface area (Å²) in [5.74, 6) is 0.437. The van der Waals surface area contributed by atoms with Gasteiger partial charge in [0.1, 0.15) is 0 Å². The van der Waals surface area contributed by atoms with E-state index in [1.54, 1.807) is 4.90 Å². The molecule has 0 saturated carbocycles. The molecule has 0 radical (unpaired) electrons. The molecular weight excluding hydrogens is 238 g/mol. The second-order valence-corrected chi connectivity index (χ2v) is 4.86. The third kappa shape index (κ3) is 5.91. The Bertz CT molecular complexity index is 423. The maximum Gasteiger partial charge on any atom is 0.241 e. The number of amides is 1. The van der Waals surface area contributed by atoms with Crippen molar-refractivity contribution >= 4 is 11.6 Å². The highest BCUT2D eigenvalue weighted by atomic mass is 16.2. The van der Waals surface area contributed by atoms with Crippen molar-refractivity contribution in [3.8, 4) is 6.07 Å². The van der Waals surface area contributed by atoms with Crippen LogP contribution in [0.1, 0.15) is 20.3 Å². The van der Waals surface area contributed by atoms with Crippen LogP contribution in [0.3, 0.4) is 0 Å². The van der Waals surface area contributed by atoms with E-state index in [-0.39, 0.29) is 12.5 Å². The minimum atomic E-state index is 0.0350. The highest BCUT2D eigenvalue weighted by molar-refractivity contribution is 5.80. The Balaban J connectivity index is 2.49. The van der Waals surface area contributed by atoms with Crippen molar-refractivity contribution in [3.05, 3.63) is 30.3 Å². The number of nitrogens with zero attached hydrogens (tertiary/aromatic N) is 2. The zero-order chi connectivity index (χ0) is 14.1. The van der Waals surface area contributed by atoms with Gasteiger partial charge in [-0.25, -0.2) is 0 Å². The zero-order valence-electron chi connectivity index (χ0n) is 11.6. The molecule has 0 bridgehead atoms. The minimum absolute atomic E-state index is 0.0350. The molecule has 4 heteroatoms. The lowest BCUT2D eigenvalue weighted by Crippen LogP contribution is -2.38. The van der Waals surface area contributed by atoms with Crippen molar-refractivity contribution in [3.63, 3.8) is 0 Å². The summed E-state index contributed by atoms with van der Waals surface area (Å²) in [6.07, 6.45) is 0.379. The first kappa shape index (κ1) is 15.0. The number of hydrogen-bond acceptors (Lipinski definition) is 3. The second kappa shape index (κ2) is 8.15. The summed E-state index contributed by atoms with van der Waals surface area (Å²) < 4.78 is 0. The van der Waals surface area contributed by atoms with Crippen LogP contribution >= 0.6 is 0 Å². The van der Waals surface area contributed by atoms with Gasteiger partial charge in [-0.05, 0) is 18.1 Å². The number of para-hydroxylation sites is 1. The van der Waals surface area contributed by atoms with Gasteiger partial charge in [-0.1, -0.05) is 32.0 Å². The molecule has 4 nitrogen and oxygen atoms in total. The Morgan fingerprint density at radius 3 is 2.63 bits per heavy atom. The molecule has 1 aromatic rings. The Hall–Kier alpha value is -2.02. The Morgan fingerprint density at radius 2 is 2.05 bits per heavy atom. The smallest absolute Gasteiger partial charge is 0.241 e. The number of anilines is 1. The fraction of sp³-hybridized carbons (Fsp3) is 0.467. The molecule has 0 spiro atoms. The van der Waals surface area contributed by atoms with Crippen molar-refractivity contribution < 1.29 is 4.79 Å². The van der Waals surface area contributed by atoms with Crippen molar-refractivity contribution in [1.29, 1.82) is 5.26 Å². The van der Waals surface area contributed by atoms with E-state index in [0.29, 0.717) is 25.4 Å². The number of nitriles is 1. The minimum Gasteiger partial charge on any atom is -0.376 e. The number of carbonyl (C=O) groups is 1. The molecule has 0 aliphatic heterocycles. The standard InChI is InChI=1S/C15H21N3O/c1-13(2)12-18(10-6-9-16)15(19)11-17-14-7-4-3-5-8-14/h3-5,7-8,13,17H,6,10-12H2,1-2H3. The van der Waals surface area contributed by atoms with Gasteiger partial charge in [0.05, 0.1) is 19.0 Å². The molecule has 1 amide bonds. The van der Waals surface area contributed by atoms with E-state index < -0.39 is 0 Å². The van der Waals surface area contributed by atoms with E-state index in [0.717, 1.165) is 5.69 Å². The molecule has 1 rings (SSSR count). The van der Waals surface area contributed by atoms with E-state index in [1.165, 1.54) is 0 Å². The summed E-state index contributed by atoms with van der Waals surface area (Å²) in [6.45, 7) is 5.59. The van der Waals surface area contributed by atoms with Crippen molar-refractivity contribution in [2.45, 2.75) is 20.3 Å². The first-order valence-corrected chi connectivity index (χ1v) is 6.57. The molecule has 0 fully saturated rings. The van der Waals surface area contributed by atoms with Gasteiger partial charge in [0.25, 0.3) is 0 Å². The van der Waals surface area contributed by atoms with E-state index in [9.17, 15) is 4.79 Å². The van der Waals surface area contributed by atoms with Gasteiger partial charge in [-0.3, -0.25) is 4.79 Å². The maximum absolute atomic E-state index is 12.1. The number of rotatable bonds is 7. The third-order valence-electron chi connectivity index (χ3n) is 2.65. The van der Waals surface area contributed by atoms with Gasteiger partial charge in [-0.15, -0.1) is 0 Å². The molecule has 0 atom stereocenters. The summed E-state index contributed by atoms with van der Waals surface area (Å²) in [7, 11) is 0. The first-order chi connectivity index (χ1) is 9.13. The van der Waals surface area contributed by atoms with E-state index >= 15 is 0 Å². The quantitative estimate of drug-likeness (QED) is 0.818. The SMILES string of the molecule is CC(C)CN(CCC#N)C(=O)CNc1ccccc1. The van der Waals surface area contributed by atoms with Crippen LogP contribution < -0.4 is 5.32 Å². The molecule has 0 unspecified atom stereocenters. The van der Waals surface area contributed by atoms with Crippen LogP contribution in [0.15, 0.2) is 30.3 Å². The van der Waals surface area contributed by atoms with Gasteiger partial charge in [0.15, 0.2) is 0 Å². The van der Waals surface area contributed by atoms with Crippen LogP contribution in [-0.4, -0.2) is 30.4 Å². The lowest BCUT2D eigenvalue weighted by molar-refractivity contribution is -0.129. The molecule has 0 aliphatic rings. The summed E-state index contributed by atoms with van der Waals surface area (Å²) in [4.78, 5) is 13.9. The van der Waals surface area contributed by atoms with Crippen LogP contribution in [0.5, 0.6) is 0 Å². The van der Waals surface area contributed by atoms with Crippen LogP contribution in [0.4, 0.5) is 5.69 Å². The lowest BCUT2D eigenvalue weighted by Gasteiger charge is -2.24. The molecule has 0 saturated heterocycles. The summed E-state index contributed by atoms with van der Waals surface area (Å²) in [6, 6.07) is 11.7. The highest BCUT2D eigenvalue weighted by Gasteiger charge is 2.14. The molecular formula is C15H21N3O. The fourth-order valence-corrected chi connectivity index (χ4v) is 1.79. The number of hydrogen-bond donors (Lipinski definition) is 1. The van der Waals surface area contributed by atoms with E-state index in [1.807, 2.05) is 30.3 Å². The van der Waals surface area contributed by atoms with Crippen molar-refractivity contribution in [2.75, 3.05) is 25.0 Å². The predicted octanol–water partition coefficient (Wildman–Crippen LogP) is 2.50. The Labute approximate surface area is 115 Å². The van der Waals surface area contributed by atoms with E-state index in [4.69, 9.17) is 5.26 Å². The van der Waals surface area contributed by atoms with Gasteiger partial charge in [0, 0.05) is 18.8 Å². The number of nitrogens with one attached hydrogen (secondary N) is 1. The fourth-order valence-electron chi connectivity index (χ4n) is 1.79. The average molecular weight is 259 g/mol. The van der Waals surface area contributed by atoms with Gasteiger partial charge < -0.3 is 10.2 Å². The molecule has 0 aromatic heterocycles. The molecule has 102 valence electrons. The van der Waals surface area contributed by atoms with Crippen LogP contribution in [0.2, 0.25) is 0 Å². The van der Waals surface area contributed by atoms with Gasteiger partial charge >= 0.3 is 0 Å². The summed E-state index contributed by atoms with van der Waals surface area (Å²) in [5.41, 5.74) is 0.931. The number of carbonyl (C=O) groups excluding carboxylic acids is 1. The van der Waals surface area contributed by atoms with Crippen LogP contribution in [0.25, 0.3) is 0 Å². The van der Waals surface area contributed by atoms with Gasteiger partial charge in [-0.2, -0.15) is 5.26 Å². The lowest BCUT2D eigenvalue weighted by atomic mass is 10.2. The Kier molecular flexibility index (Phi) is 6.45. The maximum atomic E-state index is 12.1. The second-order valence-electron chi connectivity index (χ2n) is 4.86. The predicted molar refractivity (Wildman–Crippen MR) is 76.6 cm³/mol.